The second-order valence-electron chi connectivity index (χ2n) is 5.66. The van der Waals surface area contributed by atoms with Crippen LogP contribution in [0, 0.1) is 0 Å². The van der Waals surface area contributed by atoms with Crippen LogP contribution in [0.2, 0.25) is 5.02 Å². The first-order valence-electron chi connectivity index (χ1n) is 8.14. The van der Waals surface area contributed by atoms with Gasteiger partial charge in [-0.2, -0.15) is 0 Å². The molecule has 10 heteroatoms. The highest BCUT2D eigenvalue weighted by Gasteiger charge is 2.12. The summed E-state index contributed by atoms with van der Waals surface area (Å²) < 4.78 is 26.9. The van der Waals surface area contributed by atoms with Crippen LogP contribution < -0.4 is 15.8 Å². The molecule has 146 valence electrons. The molecule has 0 spiro atoms. The summed E-state index contributed by atoms with van der Waals surface area (Å²) in [6, 6.07) is 5.35. The maximum atomic E-state index is 12.2. The van der Waals surface area contributed by atoms with E-state index in [0.717, 1.165) is 16.0 Å². The van der Waals surface area contributed by atoms with Gasteiger partial charge in [-0.05, 0) is 17.2 Å². The van der Waals surface area contributed by atoms with E-state index in [9.17, 15) is 13.2 Å². The lowest BCUT2D eigenvalue weighted by molar-refractivity contribution is -0.118. The predicted octanol–water partition coefficient (Wildman–Crippen LogP) is 2.39. The Morgan fingerprint density at radius 2 is 2.19 bits per heavy atom. The van der Waals surface area contributed by atoms with E-state index >= 15 is 0 Å². The van der Waals surface area contributed by atoms with E-state index in [4.69, 9.17) is 17.3 Å². The Labute approximate surface area is 167 Å². The molecule has 0 saturated carbocycles. The van der Waals surface area contributed by atoms with Gasteiger partial charge in [0.05, 0.1) is 5.75 Å². The number of thiazole rings is 1. The third-order valence-corrected chi connectivity index (χ3v) is 6.11. The van der Waals surface area contributed by atoms with Gasteiger partial charge in [0.1, 0.15) is 0 Å². The van der Waals surface area contributed by atoms with E-state index in [0.29, 0.717) is 23.1 Å². The average molecular weight is 429 g/mol. The summed E-state index contributed by atoms with van der Waals surface area (Å²) in [6.07, 6.45) is 5.42. The van der Waals surface area contributed by atoms with Crippen molar-refractivity contribution in [1.82, 2.24) is 10.3 Å². The van der Waals surface area contributed by atoms with Gasteiger partial charge in [0.25, 0.3) is 0 Å². The predicted molar refractivity (Wildman–Crippen MR) is 110 cm³/mol. The number of rotatable bonds is 9. The molecule has 2 rings (SSSR count). The van der Waals surface area contributed by atoms with Crippen LogP contribution in [0.25, 0.3) is 6.08 Å². The molecule has 1 heterocycles. The number of nitrogens with two attached hydrogens (primary N) is 1. The van der Waals surface area contributed by atoms with Crippen LogP contribution >= 0.6 is 22.9 Å². The number of anilines is 1. The number of hydrogen-bond acceptors (Lipinski definition) is 6. The molecule has 7 nitrogen and oxygen atoms in total. The van der Waals surface area contributed by atoms with Crippen molar-refractivity contribution in [2.75, 3.05) is 17.0 Å². The molecule has 0 aliphatic rings. The lowest BCUT2D eigenvalue weighted by atomic mass is 10.1. The third-order valence-electron chi connectivity index (χ3n) is 3.51. The van der Waals surface area contributed by atoms with Crippen molar-refractivity contribution in [2.45, 2.75) is 19.9 Å². The van der Waals surface area contributed by atoms with Crippen LogP contribution in [0.15, 0.2) is 30.5 Å². The van der Waals surface area contributed by atoms with Gasteiger partial charge < -0.3 is 11.1 Å². The quantitative estimate of drug-likeness (QED) is 0.567. The first-order valence-corrected chi connectivity index (χ1v) is 11.0. The molecule has 4 N–H and O–H groups in total. The Kier molecular flexibility index (Phi) is 7.78. The molecule has 0 bridgehead atoms. The zero-order valence-corrected chi connectivity index (χ0v) is 17.1. The van der Waals surface area contributed by atoms with Crippen LogP contribution in [0.4, 0.5) is 5.13 Å². The number of aromatic nitrogens is 1. The molecule has 0 radical (unpaired) electrons. The van der Waals surface area contributed by atoms with Crippen molar-refractivity contribution in [3.05, 3.63) is 51.5 Å². The van der Waals surface area contributed by atoms with Crippen molar-refractivity contribution >= 4 is 50.1 Å². The molecule has 1 amide bonds. The van der Waals surface area contributed by atoms with Crippen LogP contribution in [0.5, 0.6) is 0 Å². The van der Waals surface area contributed by atoms with Gasteiger partial charge in [0.15, 0.2) is 5.13 Å². The summed E-state index contributed by atoms with van der Waals surface area (Å²) >= 11 is 7.33. The number of hydrogen-bond donors (Lipinski definition) is 3. The lowest BCUT2D eigenvalue weighted by Gasteiger charge is -2.06. The van der Waals surface area contributed by atoms with Gasteiger partial charge >= 0.3 is 0 Å². The number of carbonyl (C=O) groups is 1. The molecular formula is C17H21ClN4O3S2. The number of halogens is 1. The Morgan fingerprint density at radius 1 is 1.41 bits per heavy atom. The number of carbonyl (C=O) groups excluding carboxylic acids is 1. The SMILES string of the molecule is CC(=O)NCCc1cnc(NS(=O)(=O)CC=Cc2cccc(Cl)c2CN)s1. The second kappa shape index (κ2) is 9.84. The minimum Gasteiger partial charge on any atom is -0.356 e. The maximum absolute atomic E-state index is 12.2. The van der Waals surface area contributed by atoms with Gasteiger partial charge in [-0.25, -0.2) is 13.4 Å². The smallest absolute Gasteiger partial charge is 0.238 e. The normalized spacial score (nSPS) is 11.7. The van der Waals surface area contributed by atoms with Crippen LogP contribution in [-0.4, -0.2) is 31.6 Å². The zero-order chi connectivity index (χ0) is 19.9. The molecule has 1 aromatic heterocycles. The average Bonchev–Trinajstić information content (AvgIpc) is 3.01. The monoisotopic (exact) mass is 428 g/mol. The van der Waals surface area contributed by atoms with Crippen molar-refractivity contribution in [2.24, 2.45) is 5.73 Å². The number of nitrogens with zero attached hydrogens (tertiary/aromatic N) is 1. The molecule has 0 saturated heterocycles. The molecule has 0 fully saturated rings. The fraction of sp³-hybridized carbons (Fsp3) is 0.294. The lowest BCUT2D eigenvalue weighted by Crippen LogP contribution is -2.22. The van der Waals surface area contributed by atoms with Gasteiger partial charge in [0, 0.05) is 42.5 Å². The summed E-state index contributed by atoms with van der Waals surface area (Å²) in [7, 11) is -3.58. The van der Waals surface area contributed by atoms with Crippen molar-refractivity contribution in [3.8, 4) is 0 Å². The summed E-state index contributed by atoms with van der Waals surface area (Å²) in [6.45, 7) is 2.19. The topological polar surface area (TPSA) is 114 Å². The van der Waals surface area contributed by atoms with Gasteiger partial charge in [-0.3, -0.25) is 9.52 Å². The van der Waals surface area contributed by atoms with Crippen LogP contribution in [0.1, 0.15) is 22.9 Å². The largest absolute Gasteiger partial charge is 0.356 e. The molecule has 2 aromatic rings. The second-order valence-corrected chi connectivity index (χ2v) is 8.95. The number of nitrogens with one attached hydrogen (secondary N) is 2. The first kappa shape index (κ1) is 21.4. The minimum atomic E-state index is -3.58. The van der Waals surface area contributed by atoms with Crippen LogP contribution in [0.3, 0.4) is 0 Å². The molecular weight excluding hydrogens is 408 g/mol. The number of benzene rings is 1. The Balaban J connectivity index is 1.95. The number of sulfonamides is 1. The van der Waals surface area contributed by atoms with Gasteiger partial charge in [-0.15, -0.1) is 11.3 Å². The molecule has 0 aliphatic heterocycles. The van der Waals surface area contributed by atoms with Crippen molar-refractivity contribution in [1.29, 1.82) is 0 Å². The molecule has 0 aliphatic carbocycles. The first-order chi connectivity index (χ1) is 12.8. The van der Waals surface area contributed by atoms with E-state index in [2.05, 4.69) is 15.0 Å². The van der Waals surface area contributed by atoms with Crippen LogP contribution in [-0.2, 0) is 27.8 Å². The molecule has 1 aromatic carbocycles. The zero-order valence-electron chi connectivity index (χ0n) is 14.7. The highest BCUT2D eigenvalue weighted by molar-refractivity contribution is 7.93. The minimum absolute atomic E-state index is 0.107. The summed E-state index contributed by atoms with van der Waals surface area (Å²) in [4.78, 5) is 15.8. The van der Waals surface area contributed by atoms with E-state index < -0.39 is 10.0 Å². The van der Waals surface area contributed by atoms with Gasteiger partial charge in [0.2, 0.25) is 15.9 Å². The Morgan fingerprint density at radius 3 is 2.89 bits per heavy atom. The van der Waals surface area contributed by atoms with E-state index in [1.807, 2.05) is 6.07 Å². The van der Waals surface area contributed by atoms with Crippen molar-refractivity contribution in [3.63, 3.8) is 0 Å². The summed E-state index contributed by atoms with van der Waals surface area (Å²) in [5, 5.41) is 3.53. The molecule has 0 atom stereocenters. The Bertz CT molecular complexity index is 926. The van der Waals surface area contributed by atoms with Crippen molar-refractivity contribution < 1.29 is 13.2 Å². The van der Waals surface area contributed by atoms with E-state index in [1.165, 1.54) is 18.3 Å². The highest BCUT2D eigenvalue weighted by Crippen LogP contribution is 2.21. The molecule has 27 heavy (non-hydrogen) atoms. The van der Waals surface area contributed by atoms with E-state index in [1.54, 1.807) is 30.5 Å². The third kappa shape index (κ3) is 6.94. The maximum Gasteiger partial charge on any atom is 0.238 e. The fourth-order valence-corrected chi connectivity index (χ4v) is 4.48. The fourth-order valence-electron chi connectivity index (χ4n) is 2.26. The highest BCUT2D eigenvalue weighted by atomic mass is 35.5. The Hall–Kier alpha value is -1.94. The number of amides is 1. The molecule has 0 unspecified atom stereocenters. The summed E-state index contributed by atoms with van der Waals surface area (Å²) in [5.41, 5.74) is 7.24. The standard InChI is InChI=1S/C17H21ClN4O3S2/c1-12(23)20-8-7-14-11-21-17(26-14)22-27(24,25)9-3-5-13-4-2-6-16(18)15(13)10-19/h2-6,11H,7-10,19H2,1H3,(H,20,23)(H,21,22). The summed E-state index contributed by atoms with van der Waals surface area (Å²) in [5.74, 6) is -0.311. The van der Waals surface area contributed by atoms with E-state index in [-0.39, 0.29) is 18.2 Å². The van der Waals surface area contributed by atoms with Gasteiger partial charge in [-0.1, -0.05) is 35.9 Å².